The van der Waals surface area contributed by atoms with E-state index in [9.17, 15) is 5.11 Å². The molecule has 0 aromatic heterocycles. The van der Waals surface area contributed by atoms with Gasteiger partial charge in [-0.2, -0.15) is 11.8 Å². The molecule has 1 atom stereocenters. The highest BCUT2D eigenvalue weighted by Gasteiger charge is 2.21. The minimum atomic E-state index is -0.592. The summed E-state index contributed by atoms with van der Waals surface area (Å²) in [5, 5.41) is 13.7. The Morgan fingerprint density at radius 1 is 1.12 bits per heavy atom. The zero-order valence-corrected chi connectivity index (χ0v) is 13.2. The van der Waals surface area contributed by atoms with Gasteiger partial charge in [-0.1, -0.05) is 27.7 Å². The molecule has 0 aliphatic rings. The summed E-state index contributed by atoms with van der Waals surface area (Å²) in [6.45, 7) is 11.6. The summed E-state index contributed by atoms with van der Waals surface area (Å²) in [6, 6.07) is 0.531. The predicted molar refractivity (Wildman–Crippen MR) is 79.7 cm³/mol. The van der Waals surface area contributed by atoms with Gasteiger partial charge in [0, 0.05) is 18.3 Å². The zero-order valence-electron chi connectivity index (χ0n) is 12.4. The molecule has 0 saturated heterocycles. The first-order valence-corrected chi connectivity index (χ1v) is 8.11. The van der Waals surface area contributed by atoms with Crippen LogP contribution in [0.3, 0.4) is 0 Å². The van der Waals surface area contributed by atoms with Gasteiger partial charge in [0.1, 0.15) is 0 Å². The molecule has 0 aromatic carbocycles. The van der Waals surface area contributed by atoms with Crippen LogP contribution in [0.25, 0.3) is 0 Å². The normalized spacial score (nSPS) is 15.9. The lowest BCUT2D eigenvalue weighted by molar-refractivity contribution is 0.0792. The quantitative estimate of drug-likeness (QED) is 0.669. The van der Waals surface area contributed by atoms with Crippen LogP contribution in [0.5, 0.6) is 0 Å². The van der Waals surface area contributed by atoms with E-state index in [4.69, 9.17) is 0 Å². The third-order valence-electron chi connectivity index (χ3n) is 2.74. The van der Waals surface area contributed by atoms with Crippen LogP contribution in [0.4, 0.5) is 0 Å². The van der Waals surface area contributed by atoms with Crippen molar-refractivity contribution in [2.45, 2.75) is 59.1 Å². The van der Waals surface area contributed by atoms with Crippen LogP contribution >= 0.6 is 11.8 Å². The van der Waals surface area contributed by atoms with Crippen molar-refractivity contribution in [3.63, 3.8) is 0 Å². The summed E-state index contributed by atoms with van der Waals surface area (Å²) in [5.74, 6) is 2.20. The van der Waals surface area contributed by atoms with Gasteiger partial charge in [0.05, 0.1) is 5.60 Å². The van der Waals surface area contributed by atoms with Gasteiger partial charge in [-0.25, -0.2) is 0 Å². The van der Waals surface area contributed by atoms with Crippen molar-refractivity contribution >= 4 is 11.8 Å². The lowest BCUT2D eigenvalue weighted by Crippen LogP contribution is -2.45. The van der Waals surface area contributed by atoms with Crippen LogP contribution in [0.2, 0.25) is 0 Å². The Bertz CT molecular complexity index is 183. The maximum Gasteiger partial charge on any atom is 0.0833 e. The second-order valence-electron chi connectivity index (χ2n) is 6.27. The van der Waals surface area contributed by atoms with E-state index in [1.54, 1.807) is 11.8 Å². The van der Waals surface area contributed by atoms with E-state index in [0.717, 1.165) is 5.75 Å². The maximum absolute atomic E-state index is 10.1. The summed E-state index contributed by atoms with van der Waals surface area (Å²) in [6.07, 6.45) is 4.41. The van der Waals surface area contributed by atoms with Gasteiger partial charge in [0.2, 0.25) is 0 Å². The van der Waals surface area contributed by atoms with Gasteiger partial charge >= 0.3 is 0 Å². The Kier molecular flexibility index (Phi) is 8.52. The molecule has 0 amide bonds. The molecule has 17 heavy (non-hydrogen) atoms. The molecule has 0 aromatic rings. The van der Waals surface area contributed by atoms with Gasteiger partial charge < -0.3 is 10.4 Å². The highest BCUT2D eigenvalue weighted by molar-refractivity contribution is 7.98. The molecule has 1 unspecified atom stereocenters. The molecule has 0 spiro atoms. The predicted octanol–water partition coefficient (Wildman–Crippen LogP) is 3.15. The van der Waals surface area contributed by atoms with Crippen LogP contribution in [0, 0.1) is 11.8 Å². The minimum Gasteiger partial charge on any atom is -0.388 e. The number of thioether (sulfide) groups is 1. The minimum absolute atomic E-state index is 0.531. The van der Waals surface area contributed by atoms with Crippen molar-refractivity contribution in [3.8, 4) is 0 Å². The van der Waals surface area contributed by atoms with Crippen molar-refractivity contribution in [1.29, 1.82) is 0 Å². The first-order chi connectivity index (χ1) is 7.76. The molecule has 0 heterocycles. The molecular formula is C14H31NOS. The van der Waals surface area contributed by atoms with E-state index >= 15 is 0 Å². The molecule has 2 N–H and O–H groups in total. The first-order valence-electron chi connectivity index (χ1n) is 6.71. The lowest BCUT2D eigenvalue weighted by atomic mass is 9.95. The second-order valence-corrected chi connectivity index (χ2v) is 7.13. The van der Waals surface area contributed by atoms with Crippen LogP contribution in [-0.2, 0) is 0 Å². The molecule has 0 fully saturated rings. The fourth-order valence-electron chi connectivity index (χ4n) is 2.13. The topological polar surface area (TPSA) is 32.3 Å². The number of aliphatic hydroxyl groups is 1. The van der Waals surface area contributed by atoms with E-state index in [0.29, 0.717) is 24.4 Å². The fourth-order valence-corrected chi connectivity index (χ4v) is 2.85. The molecule has 0 rings (SSSR count). The van der Waals surface area contributed by atoms with Crippen LogP contribution in [-0.4, -0.2) is 35.3 Å². The average molecular weight is 261 g/mol. The standard InChI is InChI=1S/C14H31NOS/c1-11(2)7-13(8-12(3)4)15-9-14(5,16)10-17-6/h11-13,15-16H,7-10H2,1-6H3. The summed E-state index contributed by atoms with van der Waals surface area (Å²) in [5.41, 5.74) is -0.592. The summed E-state index contributed by atoms with van der Waals surface area (Å²) in [7, 11) is 0. The third-order valence-corrected chi connectivity index (χ3v) is 3.65. The number of hydrogen-bond acceptors (Lipinski definition) is 3. The Morgan fingerprint density at radius 3 is 1.94 bits per heavy atom. The molecule has 0 aliphatic heterocycles. The van der Waals surface area contributed by atoms with Gasteiger partial charge in [0.25, 0.3) is 0 Å². The van der Waals surface area contributed by atoms with Crippen molar-refractivity contribution in [2.75, 3.05) is 18.6 Å². The van der Waals surface area contributed by atoms with Gasteiger partial charge in [0.15, 0.2) is 0 Å². The highest BCUT2D eigenvalue weighted by atomic mass is 32.2. The second kappa shape index (κ2) is 8.39. The molecule has 0 aliphatic carbocycles. The number of rotatable bonds is 9. The zero-order chi connectivity index (χ0) is 13.5. The van der Waals surface area contributed by atoms with Crippen LogP contribution in [0.1, 0.15) is 47.5 Å². The summed E-state index contributed by atoms with van der Waals surface area (Å²) >= 11 is 1.70. The Hall–Kier alpha value is 0.270. The molecule has 0 bridgehead atoms. The van der Waals surface area contributed by atoms with E-state index in [1.807, 2.05) is 13.2 Å². The average Bonchev–Trinajstić information content (AvgIpc) is 2.12. The third kappa shape index (κ3) is 9.93. The monoisotopic (exact) mass is 261 g/mol. The van der Waals surface area contributed by atoms with Crippen LogP contribution in [0.15, 0.2) is 0 Å². The molecule has 0 radical (unpaired) electrons. The first kappa shape index (κ1) is 17.3. The van der Waals surface area contributed by atoms with E-state index in [2.05, 4.69) is 33.0 Å². The Labute approximate surface area is 112 Å². The van der Waals surface area contributed by atoms with Gasteiger partial charge in [-0.05, 0) is 37.9 Å². The highest BCUT2D eigenvalue weighted by Crippen LogP contribution is 2.15. The SMILES string of the molecule is CSCC(C)(O)CNC(CC(C)C)CC(C)C. The smallest absolute Gasteiger partial charge is 0.0833 e. The van der Waals surface area contributed by atoms with E-state index in [1.165, 1.54) is 12.8 Å². The Balaban J connectivity index is 4.14. The van der Waals surface area contributed by atoms with Crippen molar-refractivity contribution in [3.05, 3.63) is 0 Å². The number of hydrogen-bond donors (Lipinski definition) is 2. The fraction of sp³-hybridized carbons (Fsp3) is 1.00. The van der Waals surface area contributed by atoms with E-state index in [-0.39, 0.29) is 0 Å². The molecule has 0 saturated carbocycles. The summed E-state index contributed by atoms with van der Waals surface area (Å²) in [4.78, 5) is 0. The molecule has 104 valence electrons. The van der Waals surface area contributed by atoms with Gasteiger partial charge in [-0.3, -0.25) is 0 Å². The van der Waals surface area contributed by atoms with E-state index < -0.39 is 5.60 Å². The maximum atomic E-state index is 10.1. The van der Waals surface area contributed by atoms with Gasteiger partial charge in [-0.15, -0.1) is 0 Å². The molecular weight excluding hydrogens is 230 g/mol. The molecule has 2 nitrogen and oxygen atoms in total. The largest absolute Gasteiger partial charge is 0.388 e. The molecule has 3 heteroatoms. The van der Waals surface area contributed by atoms with Crippen molar-refractivity contribution in [1.82, 2.24) is 5.32 Å². The Morgan fingerprint density at radius 2 is 1.59 bits per heavy atom. The number of nitrogens with one attached hydrogen (secondary N) is 1. The van der Waals surface area contributed by atoms with Crippen molar-refractivity contribution < 1.29 is 5.11 Å². The van der Waals surface area contributed by atoms with Crippen molar-refractivity contribution in [2.24, 2.45) is 11.8 Å². The lowest BCUT2D eigenvalue weighted by Gasteiger charge is -2.28. The van der Waals surface area contributed by atoms with Crippen LogP contribution < -0.4 is 5.32 Å². The summed E-state index contributed by atoms with van der Waals surface area (Å²) < 4.78 is 0.